The molecular formula is C14H20N4O3. The number of carbonyl (C=O) groups is 1. The molecule has 2 aliphatic rings. The molecule has 1 aliphatic heterocycles. The molecule has 2 heterocycles. The Bertz CT molecular complexity index is 639. The number of hydrogen-bond donors (Lipinski definition) is 2. The lowest BCUT2D eigenvalue weighted by Gasteiger charge is -2.35. The van der Waals surface area contributed by atoms with Crippen molar-refractivity contribution in [3.05, 3.63) is 26.9 Å². The van der Waals surface area contributed by atoms with Gasteiger partial charge in [-0.15, -0.1) is 0 Å². The van der Waals surface area contributed by atoms with Gasteiger partial charge in [-0.1, -0.05) is 13.8 Å². The number of rotatable bonds is 2. The average Bonchev–Trinajstić information content (AvgIpc) is 3.06. The average molecular weight is 292 g/mol. The van der Waals surface area contributed by atoms with Gasteiger partial charge in [-0.3, -0.25) is 19.6 Å². The summed E-state index contributed by atoms with van der Waals surface area (Å²) >= 11 is 0. The Morgan fingerprint density at radius 2 is 1.81 bits per heavy atom. The molecular weight excluding hydrogens is 272 g/mol. The predicted molar refractivity (Wildman–Crippen MR) is 78.4 cm³/mol. The Kier molecular flexibility index (Phi) is 3.15. The molecule has 1 amide bonds. The van der Waals surface area contributed by atoms with E-state index in [-0.39, 0.29) is 17.2 Å². The number of aromatic nitrogens is 2. The van der Waals surface area contributed by atoms with Crippen LogP contribution in [0.15, 0.2) is 15.7 Å². The van der Waals surface area contributed by atoms with Crippen molar-refractivity contribution in [2.45, 2.75) is 20.3 Å². The normalized spacial score (nSPS) is 24.0. The number of nitrogens with zero attached hydrogens (tertiary/aromatic N) is 2. The monoisotopic (exact) mass is 292 g/mol. The number of carbonyl (C=O) groups excluding carboxylic acids is 1. The van der Waals surface area contributed by atoms with E-state index in [0.29, 0.717) is 32.0 Å². The molecule has 0 radical (unpaired) electrons. The van der Waals surface area contributed by atoms with Crippen LogP contribution in [0.4, 0.5) is 5.82 Å². The molecule has 7 heteroatoms. The van der Waals surface area contributed by atoms with Crippen molar-refractivity contribution < 1.29 is 4.79 Å². The van der Waals surface area contributed by atoms with Gasteiger partial charge in [0.2, 0.25) is 5.91 Å². The number of anilines is 1. The molecule has 3 rings (SSSR count). The van der Waals surface area contributed by atoms with Crippen molar-refractivity contribution in [1.29, 1.82) is 0 Å². The molecule has 1 saturated heterocycles. The topological polar surface area (TPSA) is 89.3 Å². The minimum Gasteiger partial charge on any atom is -0.354 e. The van der Waals surface area contributed by atoms with E-state index in [1.807, 2.05) is 9.80 Å². The molecule has 1 unspecified atom stereocenters. The lowest BCUT2D eigenvalue weighted by Crippen LogP contribution is -2.50. The highest BCUT2D eigenvalue weighted by Gasteiger charge is 2.52. The number of amides is 1. The molecule has 0 aromatic carbocycles. The highest BCUT2D eigenvalue weighted by atomic mass is 16.2. The Balaban J connectivity index is 1.64. The molecule has 0 spiro atoms. The third kappa shape index (κ3) is 2.72. The lowest BCUT2D eigenvalue weighted by atomic mass is 10.1. The van der Waals surface area contributed by atoms with Gasteiger partial charge in [0.25, 0.3) is 5.56 Å². The maximum atomic E-state index is 12.3. The summed E-state index contributed by atoms with van der Waals surface area (Å²) in [5.74, 6) is 0.907. The number of aromatic amines is 2. The van der Waals surface area contributed by atoms with E-state index >= 15 is 0 Å². The minimum atomic E-state index is -0.504. The quantitative estimate of drug-likeness (QED) is 0.787. The molecule has 2 fully saturated rings. The van der Waals surface area contributed by atoms with Crippen LogP contribution in [-0.2, 0) is 4.79 Å². The van der Waals surface area contributed by atoms with Crippen molar-refractivity contribution >= 4 is 11.7 Å². The maximum absolute atomic E-state index is 12.3. The van der Waals surface area contributed by atoms with Crippen LogP contribution in [0.5, 0.6) is 0 Å². The number of nitrogens with one attached hydrogen (secondary N) is 2. The van der Waals surface area contributed by atoms with Crippen LogP contribution >= 0.6 is 0 Å². The summed E-state index contributed by atoms with van der Waals surface area (Å²) in [6.07, 6.45) is 0.966. The van der Waals surface area contributed by atoms with Crippen molar-refractivity contribution in [2.24, 2.45) is 11.3 Å². The second-order valence-electron chi connectivity index (χ2n) is 6.53. The van der Waals surface area contributed by atoms with Crippen molar-refractivity contribution in [3.63, 3.8) is 0 Å². The number of hydrogen-bond acceptors (Lipinski definition) is 4. The van der Waals surface area contributed by atoms with Gasteiger partial charge in [-0.25, -0.2) is 4.79 Å². The van der Waals surface area contributed by atoms with Crippen molar-refractivity contribution in [3.8, 4) is 0 Å². The third-order valence-corrected chi connectivity index (χ3v) is 4.49. The van der Waals surface area contributed by atoms with Gasteiger partial charge in [0, 0.05) is 38.2 Å². The SMILES string of the molecule is CC1(C)CC1C(=O)N1CCN(c2cc(=O)[nH]c(=O)[nH]2)CC1. The predicted octanol–water partition coefficient (Wildman–Crippen LogP) is -0.242. The van der Waals surface area contributed by atoms with Crippen LogP contribution in [0.1, 0.15) is 20.3 Å². The molecule has 2 N–H and O–H groups in total. The van der Waals surface area contributed by atoms with Gasteiger partial charge in [0.1, 0.15) is 5.82 Å². The first-order valence-corrected chi connectivity index (χ1v) is 7.24. The van der Waals surface area contributed by atoms with Crippen LogP contribution in [0.3, 0.4) is 0 Å². The van der Waals surface area contributed by atoms with Crippen molar-refractivity contribution in [2.75, 3.05) is 31.1 Å². The Labute approximate surface area is 122 Å². The first kappa shape index (κ1) is 13.9. The summed E-state index contributed by atoms with van der Waals surface area (Å²) in [4.78, 5) is 43.5. The van der Waals surface area contributed by atoms with E-state index in [1.165, 1.54) is 6.07 Å². The first-order chi connectivity index (χ1) is 9.87. The first-order valence-electron chi connectivity index (χ1n) is 7.24. The van der Waals surface area contributed by atoms with E-state index < -0.39 is 11.2 Å². The highest BCUT2D eigenvalue weighted by Crippen LogP contribution is 2.52. The van der Waals surface area contributed by atoms with E-state index in [2.05, 4.69) is 23.8 Å². The summed E-state index contributed by atoms with van der Waals surface area (Å²) in [5.41, 5.74) is -0.769. The summed E-state index contributed by atoms with van der Waals surface area (Å²) in [7, 11) is 0. The summed E-state index contributed by atoms with van der Waals surface area (Å²) in [5, 5.41) is 0. The zero-order chi connectivity index (χ0) is 15.2. The summed E-state index contributed by atoms with van der Waals surface area (Å²) in [6.45, 7) is 6.73. The smallest absolute Gasteiger partial charge is 0.327 e. The zero-order valence-electron chi connectivity index (χ0n) is 12.3. The van der Waals surface area contributed by atoms with Crippen LogP contribution in [-0.4, -0.2) is 47.0 Å². The van der Waals surface area contributed by atoms with Crippen LogP contribution in [0.2, 0.25) is 0 Å². The number of piperazine rings is 1. The van der Waals surface area contributed by atoms with Gasteiger partial charge in [-0.2, -0.15) is 0 Å². The molecule has 1 aliphatic carbocycles. The zero-order valence-corrected chi connectivity index (χ0v) is 12.3. The highest BCUT2D eigenvalue weighted by molar-refractivity contribution is 5.82. The fourth-order valence-electron chi connectivity index (χ4n) is 2.90. The summed E-state index contributed by atoms with van der Waals surface area (Å²) in [6, 6.07) is 1.38. The van der Waals surface area contributed by atoms with E-state index in [1.54, 1.807) is 0 Å². The van der Waals surface area contributed by atoms with Crippen molar-refractivity contribution in [1.82, 2.24) is 14.9 Å². The molecule has 1 aromatic heterocycles. The standard InChI is InChI=1S/C14H20N4O3/c1-14(2)8-9(14)12(20)18-5-3-17(4-6-18)10-7-11(19)16-13(21)15-10/h7,9H,3-6,8H2,1-2H3,(H2,15,16,19,21). The Morgan fingerprint density at radius 1 is 1.19 bits per heavy atom. The van der Waals surface area contributed by atoms with Gasteiger partial charge < -0.3 is 9.80 Å². The molecule has 114 valence electrons. The fraction of sp³-hybridized carbons (Fsp3) is 0.643. The van der Waals surface area contributed by atoms with Gasteiger partial charge in [0.15, 0.2) is 0 Å². The van der Waals surface area contributed by atoms with Gasteiger partial charge in [-0.05, 0) is 11.8 Å². The largest absolute Gasteiger partial charge is 0.354 e. The van der Waals surface area contributed by atoms with Crippen LogP contribution in [0, 0.1) is 11.3 Å². The summed E-state index contributed by atoms with van der Waals surface area (Å²) < 4.78 is 0. The van der Waals surface area contributed by atoms with E-state index in [9.17, 15) is 14.4 Å². The second kappa shape index (κ2) is 4.75. The Morgan fingerprint density at radius 3 is 2.33 bits per heavy atom. The van der Waals surface area contributed by atoms with Gasteiger partial charge >= 0.3 is 5.69 Å². The lowest BCUT2D eigenvalue weighted by molar-refractivity contribution is -0.133. The molecule has 1 aromatic rings. The minimum absolute atomic E-state index is 0.145. The van der Waals surface area contributed by atoms with E-state index in [4.69, 9.17) is 0 Å². The molecule has 7 nitrogen and oxygen atoms in total. The second-order valence-corrected chi connectivity index (χ2v) is 6.53. The third-order valence-electron chi connectivity index (χ3n) is 4.49. The van der Waals surface area contributed by atoms with Gasteiger partial charge in [0.05, 0.1) is 0 Å². The molecule has 0 bridgehead atoms. The Hall–Kier alpha value is -2.05. The molecule has 1 saturated carbocycles. The molecule has 1 atom stereocenters. The van der Waals surface area contributed by atoms with E-state index in [0.717, 1.165) is 6.42 Å². The maximum Gasteiger partial charge on any atom is 0.327 e. The van der Waals surface area contributed by atoms with Crippen LogP contribution in [0.25, 0.3) is 0 Å². The number of H-pyrrole nitrogens is 2. The van der Waals surface area contributed by atoms with Crippen LogP contribution < -0.4 is 16.1 Å². The molecule has 21 heavy (non-hydrogen) atoms. The fourth-order valence-corrected chi connectivity index (χ4v) is 2.90.